The van der Waals surface area contributed by atoms with Crippen molar-refractivity contribution < 1.29 is 14.8 Å². The molecule has 9 heteroatoms. The molecule has 0 aliphatic carbocycles. The topological polar surface area (TPSA) is 124 Å². The summed E-state index contributed by atoms with van der Waals surface area (Å²) in [6, 6.07) is 1.30. The van der Waals surface area contributed by atoms with Crippen LogP contribution in [-0.4, -0.2) is 35.7 Å². The zero-order chi connectivity index (χ0) is 13.3. The van der Waals surface area contributed by atoms with Crippen molar-refractivity contribution in [2.75, 3.05) is 0 Å². The van der Waals surface area contributed by atoms with Crippen molar-refractivity contribution in [1.82, 2.24) is 19.7 Å². The number of nitrogens with zero attached hydrogens (tertiary/aromatic N) is 5. The van der Waals surface area contributed by atoms with Crippen LogP contribution in [0, 0.1) is 17.0 Å². The number of aryl methyl sites for hydroxylation is 1. The lowest BCUT2D eigenvalue weighted by Gasteiger charge is -2.01. The first-order valence-electron chi connectivity index (χ1n) is 4.76. The Morgan fingerprint density at radius 1 is 1.50 bits per heavy atom. The van der Waals surface area contributed by atoms with E-state index < -0.39 is 10.9 Å². The van der Waals surface area contributed by atoms with E-state index >= 15 is 0 Å². The van der Waals surface area contributed by atoms with E-state index in [2.05, 4.69) is 15.1 Å². The summed E-state index contributed by atoms with van der Waals surface area (Å²) < 4.78 is 1.05. The highest BCUT2D eigenvalue weighted by molar-refractivity contribution is 5.85. The Morgan fingerprint density at radius 2 is 2.22 bits per heavy atom. The van der Waals surface area contributed by atoms with E-state index in [-0.39, 0.29) is 17.3 Å². The van der Waals surface area contributed by atoms with Crippen molar-refractivity contribution in [1.29, 1.82) is 0 Å². The Labute approximate surface area is 99.9 Å². The van der Waals surface area contributed by atoms with E-state index in [1.54, 1.807) is 6.92 Å². The zero-order valence-corrected chi connectivity index (χ0v) is 9.14. The largest absolute Gasteiger partial charge is 0.477 e. The smallest absolute Gasteiger partial charge is 0.354 e. The second-order valence-corrected chi connectivity index (χ2v) is 3.40. The normalized spacial score (nSPS) is 10.3. The average Bonchev–Trinajstić information content (AvgIpc) is 2.77. The van der Waals surface area contributed by atoms with Gasteiger partial charge >= 0.3 is 11.7 Å². The van der Waals surface area contributed by atoms with E-state index in [4.69, 9.17) is 5.11 Å². The number of carboxylic acid groups (broad SMARTS) is 1. The summed E-state index contributed by atoms with van der Waals surface area (Å²) in [5.41, 5.74) is 0.00295. The van der Waals surface area contributed by atoms with Crippen molar-refractivity contribution in [3.05, 3.63) is 40.0 Å². The standard InChI is InChI=1S/C9H7N5O4/c1-5-2-7(8(15)16)12-9(11-5)13-4-6(3-10-13)14(17)18/h2-4H,1H3,(H,15,16). The molecule has 2 rings (SSSR count). The molecular weight excluding hydrogens is 242 g/mol. The summed E-state index contributed by atoms with van der Waals surface area (Å²) in [6.07, 6.45) is 2.15. The van der Waals surface area contributed by atoms with Gasteiger partial charge in [0.25, 0.3) is 5.95 Å². The molecule has 0 bridgehead atoms. The number of hydrogen-bond acceptors (Lipinski definition) is 6. The molecule has 92 valence electrons. The average molecular weight is 249 g/mol. The van der Waals surface area contributed by atoms with Crippen LogP contribution in [0.1, 0.15) is 16.2 Å². The highest BCUT2D eigenvalue weighted by Crippen LogP contribution is 2.11. The highest BCUT2D eigenvalue weighted by atomic mass is 16.6. The van der Waals surface area contributed by atoms with Crippen LogP contribution in [0.5, 0.6) is 0 Å². The molecule has 0 atom stereocenters. The fourth-order valence-corrected chi connectivity index (χ4v) is 1.28. The molecule has 9 nitrogen and oxygen atoms in total. The summed E-state index contributed by atoms with van der Waals surface area (Å²) in [6.45, 7) is 1.59. The summed E-state index contributed by atoms with van der Waals surface area (Å²) in [5.74, 6) is -1.23. The lowest BCUT2D eigenvalue weighted by atomic mass is 10.3. The van der Waals surface area contributed by atoms with Crippen LogP contribution < -0.4 is 0 Å². The van der Waals surface area contributed by atoms with Crippen molar-refractivity contribution in [2.24, 2.45) is 0 Å². The quantitative estimate of drug-likeness (QED) is 0.622. The maximum atomic E-state index is 10.8. The number of nitro groups is 1. The molecule has 0 unspecified atom stereocenters. The first-order chi connectivity index (χ1) is 8.47. The minimum Gasteiger partial charge on any atom is -0.477 e. The Morgan fingerprint density at radius 3 is 2.78 bits per heavy atom. The Hall–Kier alpha value is -2.84. The van der Waals surface area contributed by atoms with Crippen LogP contribution >= 0.6 is 0 Å². The Bertz CT molecular complexity index is 636. The van der Waals surface area contributed by atoms with E-state index in [0.717, 1.165) is 17.1 Å². The third kappa shape index (κ3) is 2.14. The molecule has 18 heavy (non-hydrogen) atoms. The summed E-state index contributed by atoms with van der Waals surface area (Å²) in [5, 5.41) is 23.1. The first kappa shape index (κ1) is 11.6. The van der Waals surface area contributed by atoms with Gasteiger partial charge in [0.05, 0.1) is 4.92 Å². The van der Waals surface area contributed by atoms with Crippen molar-refractivity contribution in [3.8, 4) is 5.95 Å². The van der Waals surface area contributed by atoms with Crippen LogP contribution in [0.2, 0.25) is 0 Å². The molecule has 2 aromatic heterocycles. The number of rotatable bonds is 3. The van der Waals surface area contributed by atoms with E-state index in [1.807, 2.05) is 0 Å². The second kappa shape index (κ2) is 4.20. The van der Waals surface area contributed by atoms with Gasteiger partial charge in [-0.2, -0.15) is 9.78 Å². The van der Waals surface area contributed by atoms with Crippen LogP contribution in [0.4, 0.5) is 5.69 Å². The van der Waals surface area contributed by atoms with Gasteiger partial charge in [0.1, 0.15) is 12.4 Å². The fraction of sp³-hybridized carbons (Fsp3) is 0.111. The lowest BCUT2D eigenvalue weighted by Crippen LogP contribution is -2.09. The maximum Gasteiger partial charge on any atom is 0.354 e. The van der Waals surface area contributed by atoms with Crippen molar-refractivity contribution in [3.63, 3.8) is 0 Å². The van der Waals surface area contributed by atoms with E-state index in [9.17, 15) is 14.9 Å². The predicted octanol–water partition coefficient (Wildman–Crippen LogP) is 0.577. The van der Waals surface area contributed by atoms with Crippen LogP contribution in [-0.2, 0) is 0 Å². The molecule has 1 N–H and O–H groups in total. The number of hydrogen-bond donors (Lipinski definition) is 1. The third-order valence-electron chi connectivity index (χ3n) is 2.05. The monoisotopic (exact) mass is 249 g/mol. The molecule has 0 amide bonds. The lowest BCUT2D eigenvalue weighted by molar-refractivity contribution is -0.384. The minimum absolute atomic E-state index is 0.0273. The first-order valence-corrected chi connectivity index (χ1v) is 4.76. The molecule has 0 spiro atoms. The van der Waals surface area contributed by atoms with Gasteiger partial charge in [0.15, 0.2) is 5.69 Å². The predicted molar refractivity (Wildman–Crippen MR) is 57.5 cm³/mol. The van der Waals surface area contributed by atoms with E-state index in [1.165, 1.54) is 6.07 Å². The van der Waals surface area contributed by atoms with E-state index in [0.29, 0.717) is 5.69 Å². The molecule has 2 aromatic rings. The zero-order valence-electron chi connectivity index (χ0n) is 9.14. The molecule has 0 radical (unpaired) electrons. The molecule has 0 saturated heterocycles. The van der Waals surface area contributed by atoms with Gasteiger partial charge < -0.3 is 5.11 Å². The number of aromatic carboxylic acids is 1. The van der Waals surface area contributed by atoms with Gasteiger partial charge in [0, 0.05) is 5.69 Å². The van der Waals surface area contributed by atoms with Gasteiger partial charge in [-0.1, -0.05) is 0 Å². The Kier molecular flexibility index (Phi) is 2.72. The molecule has 0 aliphatic rings. The third-order valence-corrected chi connectivity index (χ3v) is 2.05. The molecular formula is C9H7N5O4. The van der Waals surface area contributed by atoms with Crippen LogP contribution in [0.25, 0.3) is 5.95 Å². The summed E-state index contributed by atoms with van der Waals surface area (Å²) in [4.78, 5) is 28.4. The molecule has 0 aromatic carbocycles. The van der Waals surface area contributed by atoms with Gasteiger partial charge in [-0.3, -0.25) is 10.1 Å². The maximum absolute atomic E-state index is 10.8. The molecule has 0 aliphatic heterocycles. The Balaban J connectivity index is 2.49. The van der Waals surface area contributed by atoms with Crippen LogP contribution in [0.15, 0.2) is 18.5 Å². The SMILES string of the molecule is Cc1cc(C(=O)O)nc(-n2cc([N+](=O)[O-])cn2)n1. The molecule has 0 fully saturated rings. The number of aromatic nitrogens is 4. The van der Waals surface area contributed by atoms with Gasteiger partial charge in [-0.05, 0) is 13.0 Å². The summed E-state index contributed by atoms with van der Waals surface area (Å²) >= 11 is 0. The second-order valence-electron chi connectivity index (χ2n) is 3.40. The highest BCUT2D eigenvalue weighted by Gasteiger charge is 2.14. The summed E-state index contributed by atoms with van der Waals surface area (Å²) in [7, 11) is 0. The number of carbonyl (C=O) groups is 1. The van der Waals surface area contributed by atoms with Gasteiger partial charge in [-0.25, -0.2) is 14.8 Å². The fourth-order valence-electron chi connectivity index (χ4n) is 1.28. The van der Waals surface area contributed by atoms with Crippen LogP contribution in [0.3, 0.4) is 0 Å². The van der Waals surface area contributed by atoms with Crippen molar-refractivity contribution in [2.45, 2.75) is 6.92 Å². The van der Waals surface area contributed by atoms with Crippen molar-refractivity contribution >= 4 is 11.7 Å². The molecule has 2 heterocycles. The molecule has 0 saturated carbocycles. The van der Waals surface area contributed by atoms with Gasteiger partial charge in [0.2, 0.25) is 0 Å². The number of carboxylic acids is 1. The van der Waals surface area contributed by atoms with Gasteiger partial charge in [-0.15, -0.1) is 0 Å². The minimum atomic E-state index is -1.21.